The van der Waals surface area contributed by atoms with Crippen molar-refractivity contribution in [2.24, 2.45) is 0 Å². The molecule has 1 heterocycles. The van der Waals surface area contributed by atoms with Crippen LogP contribution in [0.15, 0.2) is 52.7 Å². The van der Waals surface area contributed by atoms with Gasteiger partial charge >= 0.3 is 0 Å². The first kappa shape index (κ1) is 17.5. The van der Waals surface area contributed by atoms with Gasteiger partial charge in [-0.1, -0.05) is 30.5 Å². The van der Waals surface area contributed by atoms with Crippen LogP contribution in [-0.2, 0) is 6.42 Å². The van der Waals surface area contributed by atoms with Gasteiger partial charge in [-0.25, -0.2) is 14.4 Å². The molecule has 1 aromatic heterocycles. The second-order valence-electron chi connectivity index (χ2n) is 6.19. The smallest absolute Gasteiger partial charge is 0.151 e. The highest BCUT2D eigenvalue weighted by Crippen LogP contribution is 2.28. The van der Waals surface area contributed by atoms with Crippen molar-refractivity contribution in [3.8, 4) is 0 Å². The summed E-state index contributed by atoms with van der Waals surface area (Å²) in [5.41, 5.74) is 1.46. The number of alkyl halides is 1. The lowest BCUT2D eigenvalue weighted by Gasteiger charge is -2.14. The van der Waals surface area contributed by atoms with Gasteiger partial charge in [-0.2, -0.15) is 0 Å². The molecule has 122 valence electrons. The first-order valence-electron chi connectivity index (χ1n) is 7.45. The predicted molar refractivity (Wildman–Crippen MR) is 94.7 cm³/mol. The first-order chi connectivity index (χ1) is 10.7. The molecule has 2 aromatic rings. The van der Waals surface area contributed by atoms with Gasteiger partial charge in [0.25, 0.3) is 0 Å². The molecule has 0 amide bonds. The van der Waals surface area contributed by atoms with Gasteiger partial charge < -0.3 is 5.32 Å². The van der Waals surface area contributed by atoms with Crippen molar-refractivity contribution in [2.75, 3.05) is 5.32 Å². The van der Waals surface area contributed by atoms with Crippen LogP contribution in [0, 0.1) is 6.92 Å². The summed E-state index contributed by atoms with van der Waals surface area (Å²) >= 11 is 1.54. The standard InChI is InChI=1S/C18H22FN3S/c1-12(2)21-17-13(3)22-16(11-20-17)23-15-8-6-14(7-9-15)10-18(4,5)19/h6-9,11H,1,10H2,2-5H3,(H,20,21). The van der Waals surface area contributed by atoms with Crippen molar-refractivity contribution in [1.29, 1.82) is 0 Å². The Labute approximate surface area is 141 Å². The average molecular weight is 331 g/mol. The molecule has 1 N–H and O–H groups in total. The minimum absolute atomic E-state index is 0.415. The first-order valence-corrected chi connectivity index (χ1v) is 8.26. The van der Waals surface area contributed by atoms with E-state index in [1.54, 1.807) is 20.0 Å². The summed E-state index contributed by atoms with van der Waals surface area (Å²) in [4.78, 5) is 9.97. The number of rotatable bonds is 6. The molecule has 23 heavy (non-hydrogen) atoms. The van der Waals surface area contributed by atoms with Crippen LogP contribution >= 0.6 is 11.8 Å². The van der Waals surface area contributed by atoms with Gasteiger partial charge in [-0.05, 0) is 45.4 Å². The molecule has 0 radical (unpaired) electrons. The van der Waals surface area contributed by atoms with E-state index in [1.165, 1.54) is 11.8 Å². The molecule has 1 aromatic carbocycles. The van der Waals surface area contributed by atoms with Gasteiger partial charge in [0.15, 0.2) is 5.82 Å². The fraction of sp³-hybridized carbons (Fsp3) is 0.333. The third kappa shape index (κ3) is 5.67. The zero-order chi connectivity index (χ0) is 17.0. The van der Waals surface area contributed by atoms with Gasteiger partial charge in [0.1, 0.15) is 10.7 Å². The molecule has 0 aliphatic rings. The van der Waals surface area contributed by atoms with E-state index in [0.29, 0.717) is 6.42 Å². The molecule has 0 bridgehead atoms. The molecule has 0 atom stereocenters. The Morgan fingerprint density at radius 3 is 2.48 bits per heavy atom. The number of hydrogen-bond acceptors (Lipinski definition) is 4. The normalized spacial score (nSPS) is 11.3. The summed E-state index contributed by atoms with van der Waals surface area (Å²) in [6, 6.07) is 7.90. The van der Waals surface area contributed by atoms with E-state index in [1.807, 2.05) is 38.1 Å². The van der Waals surface area contributed by atoms with Crippen LogP contribution in [0.1, 0.15) is 32.0 Å². The Bertz CT molecular complexity index is 690. The zero-order valence-electron chi connectivity index (χ0n) is 14.0. The Hall–Kier alpha value is -1.88. The highest BCUT2D eigenvalue weighted by atomic mass is 32.2. The second kappa shape index (κ2) is 7.13. The molecular formula is C18H22FN3S. The number of nitrogens with one attached hydrogen (secondary N) is 1. The third-order valence-corrected chi connectivity index (χ3v) is 3.94. The Morgan fingerprint density at radius 1 is 1.30 bits per heavy atom. The number of anilines is 1. The Kier molecular flexibility index (Phi) is 5.42. The van der Waals surface area contributed by atoms with Gasteiger partial charge in [-0.15, -0.1) is 0 Å². The van der Waals surface area contributed by atoms with E-state index in [-0.39, 0.29) is 0 Å². The molecule has 0 spiro atoms. The maximum atomic E-state index is 13.7. The van der Waals surface area contributed by atoms with Crippen LogP contribution in [0.3, 0.4) is 0 Å². The minimum atomic E-state index is -1.19. The fourth-order valence-electron chi connectivity index (χ4n) is 2.12. The molecule has 3 nitrogen and oxygen atoms in total. The van der Waals surface area contributed by atoms with Crippen LogP contribution in [0.25, 0.3) is 0 Å². The van der Waals surface area contributed by atoms with Crippen molar-refractivity contribution in [3.63, 3.8) is 0 Å². The van der Waals surface area contributed by atoms with Gasteiger partial charge in [0.05, 0.1) is 11.9 Å². The molecule has 0 unspecified atom stereocenters. The molecule has 0 aliphatic carbocycles. The summed E-state index contributed by atoms with van der Waals surface area (Å²) in [5.74, 6) is 0.724. The van der Waals surface area contributed by atoms with Crippen LogP contribution in [0.2, 0.25) is 0 Å². The summed E-state index contributed by atoms with van der Waals surface area (Å²) in [6.45, 7) is 10.8. The van der Waals surface area contributed by atoms with E-state index in [2.05, 4.69) is 21.9 Å². The summed E-state index contributed by atoms with van der Waals surface area (Å²) < 4.78 is 13.7. The lowest BCUT2D eigenvalue weighted by Crippen LogP contribution is -2.15. The highest BCUT2D eigenvalue weighted by molar-refractivity contribution is 7.99. The van der Waals surface area contributed by atoms with Crippen LogP contribution in [-0.4, -0.2) is 15.6 Å². The van der Waals surface area contributed by atoms with E-state index in [0.717, 1.165) is 32.7 Å². The van der Waals surface area contributed by atoms with Crippen molar-refractivity contribution in [2.45, 2.75) is 49.7 Å². The maximum absolute atomic E-state index is 13.7. The number of nitrogens with zero attached hydrogens (tertiary/aromatic N) is 2. The molecule has 0 saturated carbocycles. The van der Waals surface area contributed by atoms with E-state index in [4.69, 9.17) is 0 Å². The van der Waals surface area contributed by atoms with Crippen LogP contribution < -0.4 is 5.32 Å². The number of benzene rings is 1. The monoisotopic (exact) mass is 331 g/mol. The lowest BCUT2D eigenvalue weighted by atomic mass is 10.0. The summed E-state index contributed by atoms with van der Waals surface area (Å²) in [6.07, 6.45) is 2.15. The summed E-state index contributed by atoms with van der Waals surface area (Å²) in [5, 5.41) is 3.91. The fourth-order valence-corrected chi connectivity index (χ4v) is 2.92. The van der Waals surface area contributed by atoms with E-state index < -0.39 is 5.67 Å². The van der Waals surface area contributed by atoms with Crippen molar-refractivity contribution in [3.05, 3.63) is 54.0 Å². The van der Waals surface area contributed by atoms with Crippen molar-refractivity contribution >= 4 is 17.6 Å². The second-order valence-corrected chi connectivity index (χ2v) is 7.28. The van der Waals surface area contributed by atoms with Crippen LogP contribution in [0.5, 0.6) is 0 Å². The molecule has 0 fully saturated rings. The quantitative estimate of drug-likeness (QED) is 0.792. The van der Waals surface area contributed by atoms with E-state index in [9.17, 15) is 4.39 Å². The summed E-state index contributed by atoms with van der Waals surface area (Å²) in [7, 11) is 0. The average Bonchev–Trinajstić information content (AvgIpc) is 2.42. The molecule has 5 heteroatoms. The van der Waals surface area contributed by atoms with Crippen LogP contribution in [0.4, 0.5) is 10.2 Å². The Balaban J connectivity index is 2.07. The van der Waals surface area contributed by atoms with Crippen molar-refractivity contribution in [1.82, 2.24) is 9.97 Å². The van der Waals surface area contributed by atoms with Crippen molar-refractivity contribution < 1.29 is 4.39 Å². The molecular weight excluding hydrogens is 309 g/mol. The SMILES string of the molecule is C=C(C)Nc1ncc(Sc2ccc(CC(C)(C)F)cc2)nc1C. The predicted octanol–water partition coefficient (Wildman–Crippen LogP) is 5.17. The Morgan fingerprint density at radius 2 is 1.96 bits per heavy atom. The van der Waals surface area contributed by atoms with Gasteiger partial charge in [0, 0.05) is 17.0 Å². The number of aryl methyl sites for hydroxylation is 1. The molecule has 0 aliphatic heterocycles. The molecule has 0 saturated heterocycles. The highest BCUT2D eigenvalue weighted by Gasteiger charge is 2.16. The topological polar surface area (TPSA) is 37.8 Å². The number of halogens is 1. The zero-order valence-corrected chi connectivity index (χ0v) is 14.8. The molecule has 2 rings (SSSR count). The minimum Gasteiger partial charge on any atom is -0.343 e. The third-order valence-electron chi connectivity index (χ3n) is 3.03. The van der Waals surface area contributed by atoms with E-state index >= 15 is 0 Å². The number of aromatic nitrogens is 2. The maximum Gasteiger partial charge on any atom is 0.151 e. The largest absolute Gasteiger partial charge is 0.343 e. The van der Waals surface area contributed by atoms with Gasteiger partial charge in [0.2, 0.25) is 0 Å². The lowest BCUT2D eigenvalue weighted by molar-refractivity contribution is 0.217. The number of allylic oxidation sites excluding steroid dienone is 1. The van der Waals surface area contributed by atoms with Gasteiger partial charge in [-0.3, -0.25) is 0 Å². The number of hydrogen-bond donors (Lipinski definition) is 1.